The third-order valence-corrected chi connectivity index (χ3v) is 2.60. The molecule has 0 radical (unpaired) electrons. The molecule has 0 aliphatic heterocycles. The summed E-state index contributed by atoms with van der Waals surface area (Å²) >= 11 is 0. The van der Waals surface area contributed by atoms with Crippen molar-refractivity contribution in [1.82, 2.24) is 14.8 Å². The Morgan fingerprint density at radius 3 is 2.65 bits per heavy atom. The number of nitrogens with zero attached hydrogens (tertiary/aromatic N) is 3. The van der Waals surface area contributed by atoms with Gasteiger partial charge in [-0.2, -0.15) is 5.10 Å². The highest BCUT2D eigenvalue weighted by molar-refractivity contribution is 5.96. The number of hydrogen-bond acceptors (Lipinski definition) is 3. The molecule has 0 amide bonds. The largest absolute Gasteiger partial charge is 0.292 e. The molecule has 4 nitrogen and oxygen atoms in total. The van der Waals surface area contributed by atoms with Crippen molar-refractivity contribution >= 4 is 5.78 Å². The normalized spacial score (nSPS) is 10.5. The monoisotopic (exact) mass is 229 g/mol. The third-order valence-electron chi connectivity index (χ3n) is 2.60. The van der Waals surface area contributed by atoms with Gasteiger partial charge in [0, 0.05) is 5.56 Å². The standard InChI is InChI=1S/C13H15N3O/c1-9-5-4-6-12(7-9)13(17)8-16-11(3)14-10(2)15-16/h4-7H,8H2,1-3H3. The SMILES string of the molecule is Cc1cccc(C(=O)Cn2nc(C)nc2C)c1. The lowest BCUT2D eigenvalue weighted by atomic mass is 10.1. The van der Waals surface area contributed by atoms with Crippen molar-refractivity contribution in [3.05, 3.63) is 47.0 Å². The second-order valence-corrected chi connectivity index (χ2v) is 4.16. The molecular formula is C13H15N3O. The van der Waals surface area contributed by atoms with E-state index < -0.39 is 0 Å². The zero-order valence-electron chi connectivity index (χ0n) is 10.3. The van der Waals surface area contributed by atoms with Gasteiger partial charge in [-0.05, 0) is 26.8 Å². The summed E-state index contributed by atoms with van der Waals surface area (Å²) in [7, 11) is 0. The number of hydrogen-bond donors (Lipinski definition) is 0. The minimum absolute atomic E-state index is 0.0571. The molecule has 1 heterocycles. The maximum absolute atomic E-state index is 12.0. The number of aromatic nitrogens is 3. The molecule has 0 bridgehead atoms. The highest BCUT2D eigenvalue weighted by Gasteiger charge is 2.10. The van der Waals surface area contributed by atoms with E-state index in [0.29, 0.717) is 5.82 Å². The fourth-order valence-corrected chi connectivity index (χ4v) is 1.76. The molecule has 0 aliphatic carbocycles. The molecule has 0 fully saturated rings. The van der Waals surface area contributed by atoms with Crippen LogP contribution < -0.4 is 0 Å². The summed E-state index contributed by atoms with van der Waals surface area (Å²) in [5, 5.41) is 4.18. The zero-order chi connectivity index (χ0) is 12.4. The van der Waals surface area contributed by atoms with Gasteiger partial charge in [-0.3, -0.25) is 4.79 Å². The van der Waals surface area contributed by atoms with Crippen LogP contribution in [0.3, 0.4) is 0 Å². The van der Waals surface area contributed by atoms with Crippen LogP contribution in [0.15, 0.2) is 24.3 Å². The van der Waals surface area contributed by atoms with E-state index >= 15 is 0 Å². The molecule has 0 atom stereocenters. The van der Waals surface area contributed by atoms with E-state index in [4.69, 9.17) is 0 Å². The first kappa shape index (κ1) is 11.5. The maximum Gasteiger partial charge on any atom is 0.184 e. The van der Waals surface area contributed by atoms with E-state index in [0.717, 1.165) is 17.0 Å². The summed E-state index contributed by atoms with van der Waals surface area (Å²) in [4.78, 5) is 16.2. The highest BCUT2D eigenvalue weighted by Crippen LogP contribution is 2.07. The molecule has 0 saturated heterocycles. The minimum Gasteiger partial charge on any atom is -0.292 e. The second kappa shape index (κ2) is 4.49. The number of carbonyl (C=O) groups is 1. The lowest BCUT2D eigenvalue weighted by Gasteiger charge is -2.03. The molecule has 2 aromatic rings. The topological polar surface area (TPSA) is 47.8 Å². The van der Waals surface area contributed by atoms with Crippen LogP contribution in [0.25, 0.3) is 0 Å². The van der Waals surface area contributed by atoms with E-state index in [1.165, 1.54) is 0 Å². The Labute approximate surface area is 100 Å². The molecule has 0 unspecified atom stereocenters. The summed E-state index contributed by atoms with van der Waals surface area (Å²) in [5.74, 6) is 1.52. The van der Waals surface area contributed by atoms with Gasteiger partial charge >= 0.3 is 0 Å². The van der Waals surface area contributed by atoms with Gasteiger partial charge in [0.1, 0.15) is 18.2 Å². The third kappa shape index (κ3) is 2.58. The first-order valence-electron chi connectivity index (χ1n) is 5.54. The van der Waals surface area contributed by atoms with Crippen molar-refractivity contribution in [2.75, 3.05) is 0 Å². The van der Waals surface area contributed by atoms with Crippen LogP contribution in [0.1, 0.15) is 27.6 Å². The van der Waals surface area contributed by atoms with E-state index in [-0.39, 0.29) is 12.3 Å². The molecule has 0 saturated carbocycles. The van der Waals surface area contributed by atoms with E-state index in [2.05, 4.69) is 10.1 Å². The van der Waals surface area contributed by atoms with Crippen molar-refractivity contribution in [3.63, 3.8) is 0 Å². The van der Waals surface area contributed by atoms with Crippen LogP contribution in [-0.2, 0) is 6.54 Å². The first-order chi connectivity index (χ1) is 8.06. The van der Waals surface area contributed by atoms with Gasteiger partial charge in [-0.15, -0.1) is 0 Å². The summed E-state index contributed by atoms with van der Waals surface area (Å²) < 4.78 is 1.64. The van der Waals surface area contributed by atoms with Crippen molar-refractivity contribution in [3.8, 4) is 0 Å². The molecule has 0 N–H and O–H groups in total. The highest BCUT2D eigenvalue weighted by atomic mass is 16.1. The number of carbonyl (C=O) groups excluding carboxylic acids is 1. The van der Waals surface area contributed by atoms with Crippen molar-refractivity contribution in [2.45, 2.75) is 27.3 Å². The Balaban J connectivity index is 2.20. The molecule has 0 aliphatic rings. The van der Waals surface area contributed by atoms with E-state index in [9.17, 15) is 4.79 Å². The van der Waals surface area contributed by atoms with Crippen molar-refractivity contribution in [2.24, 2.45) is 0 Å². The fourth-order valence-electron chi connectivity index (χ4n) is 1.76. The molecule has 17 heavy (non-hydrogen) atoms. The molecule has 0 spiro atoms. The average molecular weight is 229 g/mol. The fraction of sp³-hybridized carbons (Fsp3) is 0.308. The van der Waals surface area contributed by atoms with Gasteiger partial charge in [0.05, 0.1) is 0 Å². The van der Waals surface area contributed by atoms with Gasteiger partial charge in [-0.25, -0.2) is 9.67 Å². The smallest absolute Gasteiger partial charge is 0.184 e. The summed E-state index contributed by atoms with van der Waals surface area (Å²) in [6, 6.07) is 7.58. The lowest BCUT2D eigenvalue weighted by molar-refractivity contribution is 0.0966. The summed E-state index contributed by atoms with van der Waals surface area (Å²) in [6.07, 6.45) is 0. The maximum atomic E-state index is 12.0. The minimum atomic E-state index is 0.0571. The lowest BCUT2D eigenvalue weighted by Crippen LogP contribution is -2.13. The molecule has 88 valence electrons. The zero-order valence-corrected chi connectivity index (χ0v) is 10.3. The summed E-state index contributed by atoms with van der Waals surface area (Å²) in [5.41, 5.74) is 1.81. The molecule has 1 aromatic carbocycles. The van der Waals surface area contributed by atoms with E-state index in [1.807, 2.05) is 45.0 Å². The first-order valence-corrected chi connectivity index (χ1v) is 5.54. The number of benzene rings is 1. The molecule has 4 heteroatoms. The van der Waals surface area contributed by atoms with E-state index in [1.54, 1.807) is 4.68 Å². The Bertz CT molecular complexity index is 558. The number of Topliss-reactive ketones (excluding diaryl/α,β-unsaturated/α-hetero) is 1. The second-order valence-electron chi connectivity index (χ2n) is 4.16. The van der Waals surface area contributed by atoms with Crippen LogP contribution in [0, 0.1) is 20.8 Å². The number of aryl methyl sites for hydroxylation is 3. The van der Waals surface area contributed by atoms with Gasteiger partial charge in [-0.1, -0.05) is 23.8 Å². The predicted octanol–water partition coefficient (Wildman–Crippen LogP) is 2.09. The van der Waals surface area contributed by atoms with Gasteiger partial charge < -0.3 is 0 Å². The van der Waals surface area contributed by atoms with Crippen LogP contribution in [0.4, 0.5) is 0 Å². The Morgan fingerprint density at radius 2 is 2.06 bits per heavy atom. The predicted molar refractivity (Wildman–Crippen MR) is 65.0 cm³/mol. The van der Waals surface area contributed by atoms with Crippen molar-refractivity contribution < 1.29 is 4.79 Å². The van der Waals surface area contributed by atoms with Gasteiger partial charge in [0.15, 0.2) is 5.78 Å². The van der Waals surface area contributed by atoms with Crippen LogP contribution in [0.5, 0.6) is 0 Å². The van der Waals surface area contributed by atoms with Crippen LogP contribution in [0.2, 0.25) is 0 Å². The molecular weight excluding hydrogens is 214 g/mol. The number of ketones is 1. The van der Waals surface area contributed by atoms with Crippen molar-refractivity contribution in [1.29, 1.82) is 0 Å². The van der Waals surface area contributed by atoms with Crippen LogP contribution >= 0.6 is 0 Å². The quantitative estimate of drug-likeness (QED) is 0.757. The molecule has 1 aromatic heterocycles. The van der Waals surface area contributed by atoms with Gasteiger partial charge in [0.25, 0.3) is 0 Å². The Morgan fingerprint density at radius 1 is 1.29 bits per heavy atom. The average Bonchev–Trinajstić information content (AvgIpc) is 2.57. The van der Waals surface area contributed by atoms with Crippen LogP contribution in [-0.4, -0.2) is 20.5 Å². The van der Waals surface area contributed by atoms with Gasteiger partial charge in [0.2, 0.25) is 0 Å². The molecule has 2 rings (SSSR count). The Hall–Kier alpha value is -1.97. The number of rotatable bonds is 3. The Kier molecular flexibility index (Phi) is 3.04. The summed E-state index contributed by atoms with van der Waals surface area (Å²) in [6.45, 7) is 5.89.